The first-order valence-corrected chi connectivity index (χ1v) is 9.18. The second-order valence-corrected chi connectivity index (χ2v) is 6.84. The summed E-state index contributed by atoms with van der Waals surface area (Å²) in [6, 6.07) is 13.3. The van der Waals surface area contributed by atoms with Crippen LogP contribution in [-0.4, -0.2) is 9.91 Å². The number of allylic oxidation sites excluding steroid dienone is 1. The third-order valence-electron chi connectivity index (χ3n) is 4.59. The van der Waals surface area contributed by atoms with E-state index in [-0.39, 0.29) is 22.9 Å². The fourth-order valence-corrected chi connectivity index (χ4v) is 3.26. The van der Waals surface area contributed by atoms with E-state index in [0.29, 0.717) is 16.9 Å². The fraction of sp³-hybridized carbons (Fsp3) is 0.130. The average Bonchev–Trinajstić information content (AvgIpc) is 2.71. The quantitative estimate of drug-likeness (QED) is 0.261. The first-order chi connectivity index (χ1) is 14.3. The number of nitriles is 1. The highest BCUT2D eigenvalue weighted by Crippen LogP contribution is 2.36. The number of nitrogen functional groups attached to an aromatic ring is 1. The van der Waals surface area contributed by atoms with E-state index in [1.165, 1.54) is 24.3 Å². The highest BCUT2D eigenvalue weighted by molar-refractivity contribution is 5.81. The number of aryl methyl sites for hydroxylation is 2. The maximum absolute atomic E-state index is 11.5. The number of nitrogens with two attached hydrogens (primary N) is 1. The zero-order valence-corrected chi connectivity index (χ0v) is 16.7. The highest BCUT2D eigenvalue weighted by Gasteiger charge is 2.21. The second kappa shape index (κ2) is 8.45. The van der Waals surface area contributed by atoms with Crippen molar-refractivity contribution in [3.63, 3.8) is 0 Å². The van der Waals surface area contributed by atoms with Crippen molar-refractivity contribution in [1.29, 1.82) is 5.26 Å². The molecule has 30 heavy (non-hydrogen) atoms. The monoisotopic (exact) mass is 400 g/mol. The first kappa shape index (κ1) is 20.6. The standard InChI is InChI=1S/C23H20N4O3/c1-4-5-16-10-14(2)23(15(3)11-16)30-21-9-8-20(27(28)29)22(26-21)18-12-17(13-24)6-7-19(18)25/h4,6-12H,1,5,25H2,2-3H3. The van der Waals surface area contributed by atoms with Crippen LogP contribution in [0.5, 0.6) is 11.6 Å². The maximum Gasteiger partial charge on any atom is 0.295 e. The molecule has 0 amide bonds. The Bertz CT molecular complexity index is 1170. The molecule has 150 valence electrons. The molecule has 3 rings (SSSR count). The Morgan fingerprint density at radius 2 is 1.93 bits per heavy atom. The lowest BCUT2D eigenvalue weighted by Gasteiger charge is -2.14. The van der Waals surface area contributed by atoms with E-state index in [9.17, 15) is 15.4 Å². The van der Waals surface area contributed by atoms with Crippen molar-refractivity contribution in [3.8, 4) is 29.0 Å². The first-order valence-electron chi connectivity index (χ1n) is 9.18. The summed E-state index contributed by atoms with van der Waals surface area (Å²) in [5.41, 5.74) is 9.70. The maximum atomic E-state index is 11.5. The number of benzene rings is 2. The van der Waals surface area contributed by atoms with Crippen LogP contribution >= 0.6 is 0 Å². The smallest absolute Gasteiger partial charge is 0.295 e. The number of pyridine rings is 1. The third-order valence-corrected chi connectivity index (χ3v) is 4.59. The van der Waals surface area contributed by atoms with Crippen molar-refractivity contribution in [2.45, 2.75) is 20.3 Å². The van der Waals surface area contributed by atoms with Gasteiger partial charge in [0.25, 0.3) is 5.69 Å². The number of anilines is 1. The van der Waals surface area contributed by atoms with Crippen LogP contribution in [0.25, 0.3) is 11.3 Å². The number of nitrogens with zero attached hydrogens (tertiary/aromatic N) is 3. The molecular formula is C23H20N4O3. The predicted octanol–water partition coefficient (Wildman–Crippen LogP) is 5.25. The van der Waals surface area contributed by atoms with Gasteiger partial charge in [-0.15, -0.1) is 6.58 Å². The summed E-state index contributed by atoms with van der Waals surface area (Å²) in [5, 5.41) is 20.7. The van der Waals surface area contributed by atoms with Gasteiger partial charge in [0.05, 0.1) is 16.6 Å². The number of hydrogen-bond acceptors (Lipinski definition) is 6. The molecule has 0 saturated carbocycles. The van der Waals surface area contributed by atoms with E-state index in [2.05, 4.69) is 11.6 Å². The number of nitro groups is 1. The van der Waals surface area contributed by atoms with Crippen LogP contribution in [0, 0.1) is 35.3 Å². The van der Waals surface area contributed by atoms with Gasteiger partial charge in [0, 0.05) is 23.4 Å². The van der Waals surface area contributed by atoms with Crippen molar-refractivity contribution >= 4 is 11.4 Å². The van der Waals surface area contributed by atoms with Gasteiger partial charge in [0.15, 0.2) is 5.69 Å². The molecule has 3 aromatic rings. The molecule has 0 bridgehead atoms. The minimum Gasteiger partial charge on any atom is -0.438 e. The van der Waals surface area contributed by atoms with Crippen molar-refractivity contribution in [2.75, 3.05) is 5.73 Å². The summed E-state index contributed by atoms with van der Waals surface area (Å²) in [6.45, 7) is 7.61. The Balaban J connectivity index is 2.10. The summed E-state index contributed by atoms with van der Waals surface area (Å²) in [5.74, 6) is 0.828. The number of ether oxygens (including phenoxy) is 1. The third kappa shape index (κ3) is 4.13. The lowest BCUT2D eigenvalue weighted by Crippen LogP contribution is -2.01. The van der Waals surface area contributed by atoms with E-state index >= 15 is 0 Å². The molecule has 0 saturated heterocycles. The summed E-state index contributed by atoms with van der Waals surface area (Å²) >= 11 is 0. The largest absolute Gasteiger partial charge is 0.438 e. The average molecular weight is 400 g/mol. The van der Waals surface area contributed by atoms with Crippen LogP contribution in [0.3, 0.4) is 0 Å². The SMILES string of the molecule is C=CCc1cc(C)c(Oc2ccc([N+](=O)[O-])c(-c3cc(C#N)ccc3N)n2)c(C)c1. The molecule has 7 nitrogen and oxygen atoms in total. The van der Waals surface area contributed by atoms with Crippen LogP contribution in [0.4, 0.5) is 11.4 Å². The van der Waals surface area contributed by atoms with Crippen LogP contribution in [0.2, 0.25) is 0 Å². The number of aromatic nitrogens is 1. The zero-order chi connectivity index (χ0) is 21.8. The lowest BCUT2D eigenvalue weighted by atomic mass is 10.0. The Kier molecular flexibility index (Phi) is 5.79. The Morgan fingerprint density at radius 3 is 2.53 bits per heavy atom. The molecule has 0 radical (unpaired) electrons. The molecule has 7 heteroatoms. The fourth-order valence-electron chi connectivity index (χ4n) is 3.26. The highest BCUT2D eigenvalue weighted by atomic mass is 16.6. The molecule has 0 aliphatic rings. The van der Waals surface area contributed by atoms with E-state index in [1.54, 1.807) is 6.07 Å². The minimum absolute atomic E-state index is 0.0469. The molecule has 0 aliphatic carbocycles. The van der Waals surface area contributed by atoms with Gasteiger partial charge < -0.3 is 10.5 Å². The van der Waals surface area contributed by atoms with E-state index in [0.717, 1.165) is 23.1 Å². The van der Waals surface area contributed by atoms with Gasteiger partial charge in [0.2, 0.25) is 5.88 Å². The molecule has 1 heterocycles. The van der Waals surface area contributed by atoms with Crippen molar-refractivity contribution in [2.24, 2.45) is 0 Å². The van der Waals surface area contributed by atoms with Crippen LogP contribution in [0.1, 0.15) is 22.3 Å². The molecule has 0 aliphatic heterocycles. The normalized spacial score (nSPS) is 10.3. The van der Waals surface area contributed by atoms with Gasteiger partial charge in [-0.05, 0) is 55.2 Å². The lowest BCUT2D eigenvalue weighted by molar-refractivity contribution is -0.384. The summed E-state index contributed by atoms with van der Waals surface area (Å²) < 4.78 is 6.00. The van der Waals surface area contributed by atoms with E-state index in [4.69, 9.17) is 10.5 Å². The molecule has 2 aromatic carbocycles. The molecule has 0 fully saturated rings. The molecule has 0 atom stereocenters. The summed E-state index contributed by atoms with van der Waals surface area (Å²) in [4.78, 5) is 15.4. The van der Waals surface area contributed by atoms with Crippen LogP contribution in [0.15, 0.2) is 55.1 Å². The predicted molar refractivity (Wildman–Crippen MR) is 115 cm³/mol. The van der Waals surface area contributed by atoms with Crippen LogP contribution in [-0.2, 0) is 6.42 Å². The van der Waals surface area contributed by atoms with E-state index in [1.807, 2.05) is 38.1 Å². The molecule has 1 aromatic heterocycles. The van der Waals surface area contributed by atoms with Gasteiger partial charge in [-0.25, -0.2) is 4.98 Å². The summed E-state index contributed by atoms with van der Waals surface area (Å²) in [6.07, 6.45) is 2.58. The van der Waals surface area contributed by atoms with Gasteiger partial charge in [-0.3, -0.25) is 10.1 Å². The van der Waals surface area contributed by atoms with Gasteiger partial charge in [-0.1, -0.05) is 18.2 Å². The van der Waals surface area contributed by atoms with Gasteiger partial charge >= 0.3 is 0 Å². The second-order valence-electron chi connectivity index (χ2n) is 6.84. The van der Waals surface area contributed by atoms with Crippen molar-refractivity contribution < 1.29 is 9.66 Å². The Morgan fingerprint density at radius 1 is 1.23 bits per heavy atom. The van der Waals surface area contributed by atoms with E-state index < -0.39 is 4.92 Å². The van der Waals surface area contributed by atoms with Crippen molar-refractivity contribution in [1.82, 2.24) is 4.98 Å². The van der Waals surface area contributed by atoms with Crippen molar-refractivity contribution in [3.05, 3.63) is 87.5 Å². The molecule has 0 unspecified atom stereocenters. The van der Waals surface area contributed by atoms with Gasteiger partial charge in [-0.2, -0.15) is 5.26 Å². The Labute approximate surface area is 174 Å². The van der Waals surface area contributed by atoms with Crippen LogP contribution < -0.4 is 10.5 Å². The zero-order valence-electron chi connectivity index (χ0n) is 16.7. The Hall–Kier alpha value is -4.18. The summed E-state index contributed by atoms with van der Waals surface area (Å²) in [7, 11) is 0. The number of rotatable bonds is 6. The number of hydrogen-bond donors (Lipinski definition) is 1. The molecule has 0 spiro atoms. The molecular weight excluding hydrogens is 380 g/mol. The van der Waals surface area contributed by atoms with Gasteiger partial charge in [0.1, 0.15) is 5.75 Å². The topological polar surface area (TPSA) is 115 Å². The molecule has 2 N–H and O–H groups in total. The minimum atomic E-state index is -0.537.